The van der Waals surface area contributed by atoms with E-state index in [0.29, 0.717) is 0 Å². The lowest BCUT2D eigenvalue weighted by Gasteiger charge is -2.43. The van der Waals surface area contributed by atoms with E-state index in [1.165, 1.54) is 43.6 Å². The maximum absolute atomic E-state index is 4.46. The second-order valence-corrected chi connectivity index (χ2v) is 4.90. The predicted octanol–water partition coefficient (Wildman–Crippen LogP) is 2.92. The van der Waals surface area contributed by atoms with Crippen molar-refractivity contribution in [3.63, 3.8) is 0 Å². The van der Waals surface area contributed by atoms with E-state index in [9.17, 15) is 0 Å². The average Bonchev–Trinajstić information content (AvgIpc) is 2.73. The van der Waals surface area contributed by atoms with Gasteiger partial charge in [0.05, 0.1) is 0 Å². The van der Waals surface area contributed by atoms with E-state index in [1.807, 2.05) is 20.0 Å². The highest BCUT2D eigenvalue weighted by Crippen LogP contribution is 2.29. The van der Waals surface area contributed by atoms with E-state index in [0.717, 1.165) is 12.0 Å². The molecule has 1 aliphatic heterocycles. The van der Waals surface area contributed by atoms with Crippen LogP contribution in [0.2, 0.25) is 0 Å². The van der Waals surface area contributed by atoms with Gasteiger partial charge in [-0.15, -0.1) is 0 Å². The molecule has 94 valence electrons. The van der Waals surface area contributed by atoms with Gasteiger partial charge in [0.1, 0.15) is 0 Å². The van der Waals surface area contributed by atoms with Crippen LogP contribution in [0.25, 0.3) is 0 Å². The molecule has 3 rings (SSSR count). The molecule has 1 aliphatic carbocycles. The molecule has 0 radical (unpaired) electrons. The number of fused-ring (bicyclic) bond motifs is 1. The second kappa shape index (κ2) is 5.63. The van der Waals surface area contributed by atoms with Crippen molar-refractivity contribution < 1.29 is 0 Å². The molecule has 0 spiro atoms. The summed E-state index contributed by atoms with van der Waals surface area (Å²) in [7, 11) is 0. The number of nitrogens with zero attached hydrogens (tertiary/aromatic N) is 2. The molecule has 1 fully saturated rings. The van der Waals surface area contributed by atoms with Gasteiger partial charge in [0.2, 0.25) is 0 Å². The van der Waals surface area contributed by atoms with Crippen LogP contribution in [0.3, 0.4) is 0 Å². The lowest BCUT2D eigenvalue weighted by molar-refractivity contribution is 0.0545. The molecular weight excluding hydrogens is 208 g/mol. The van der Waals surface area contributed by atoms with Crippen molar-refractivity contribution in [3.8, 4) is 0 Å². The van der Waals surface area contributed by atoms with E-state index in [4.69, 9.17) is 0 Å². The SMILES string of the molecule is CC.CCC1CN(C2Cc3cccnc3C2)C1. The van der Waals surface area contributed by atoms with Crippen molar-refractivity contribution >= 4 is 0 Å². The van der Waals surface area contributed by atoms with E-state index >= 15 is 0 Å². The summed E-state index contributed by atoms with van der Waals surface area (Å²) in [5, 5.41) is 0. The highest BCUT2D eigenvalue weighted by atomic mass is 15.2. The Hall–Kier alpha value is -0.890. The molecule has 1 aromatic rings. The summed E-state index contributed by atoms with van der Waals surface area (Å²) in [5.74, 6) is 0.960. The van der Waals surface area contributed by atoms with Crippen molar-refractivity contribution in [3.05, 3.63) is 29.6 Å². The van der Waals surface area contributed by atoms with Crippen molar-refractivity contribution in [1.29, 1.82) is 0 Å². The van der Waals surface area contributed by atoms with Crippen molar-refractivity contribution in [1.82, 2.24) is 9.88 Å². The van der Waals surface area contributed by atoms with Crippen LogP contribution >= 0.6 is 0 Å². The Morgan fingerprint density at radius 3 is 2.71 bits per heavy atom. The van der Waals surface area contributed by atoms with Gasteiger partial charge in [-0.25, -0.2) is 0 Å². The van der Waals surface area contributed by atoms with E-state index in [-0.39, 0.29) is 0 Å². The van der Waals surface area contributed by atoms with Crippen molar-refractivity contribution in [2.24, 2.45) is 5.92 Å². The normalized spacial score (nSPS) is 23.6. The van der Waals surface area contributed by atoms with E-state index in [1.54, 1.807) is 0 Å². The minimum atomic E-state index is 0.748. The molecule has 2 aliphatic rings. The van der Waals surface area contributed by atoms with Crippen LogP contribution in [0, 0.1) is 5.92 Å². The van der Waals surface area contributed by atoms with E-state index in [2.05, 4.69) is 28.9 Å². The first-order valence-electron chi connectivity index (χ1n) is 7.03. The van der Waals surface area contributed by atoms with Crippen molar-refractivity contribution in [2.75, 3.05) is 13.1 Å². The fraction of sp³-hybridized carbons (Fsp3) is 0.667. The molecule has 2 nitrogen and oxygen atoms in total. The van der Waals surface area contributed by atoms with Crippen LogP contribution in [0.1, 0.15) is 38.4 Å². The molecule has 2 heteroatoms. The molecule has 1 unspecified atom stereocenters. The molecule has 17 heavy (non-hydrogen) atoms. The Morgan fingerprint density at radius 1 is 1.29 bits per heavy atom. The second-order valence-electron chi connectivity index (χ2n) is 4.90. The molecule has 1 aromatic heterocycles. The maximum atomic E-state index is 4.46. The molecule has 1 saturated heterocycles. The summed E-state index contributed by atoms with van der Waals surface area (Å²) in [4.78, 5) is 7.10. The largest absolute Gasteiger partial charge is 0.299 e. The van der Waals surface area contributed by atoms with Gasteiger partial charge in [-0.2, -0.15) is 0 Å². The number of pyridine rings is 1. The van der Waals surface area contributed by atoms with Crippen LogP contribution < -0.4 is 0 Å². The zero-order valence-electron chi connectivity index (χ0n) is 11.3. The third-order valence-corrected chi connectivity index (χ3v) is 3.95. The zero-order chi connectivity index (χ0) is 12.3. The van der Waals surface area contributed by atoms with Crippen LogP contribution in [-0.4, -0.2) is 29.0 Å². The zero-order valence-corrected chi connectivity index (χ0v) is 11.3. The fourth-order valence-corrected chi connectivity index (χ4v) is 2.81. The Labute approximate surface area is 105 Å². The van der Waals surface area contributed by atoms with Crippen LogP contribution in [0.15, 0.2) is 18.3 Å². The predicted molar refractivity (Wildman–Crippen MR) is 72.1 cm³/mol. The first-order chi connectivity index (χ1) is 8.36. The molecule has 0 aromatic carbocycles. The van der Waals surface area contributed by atoms with Gasteiger partial charge in [-0.05, 0) is 24.0 Å². The average molecular weight is 232 g/mol. The van der Waals surface area contributed by atoms with Gasteiger partial charge in [-0.1, -0.05) is 33.3 Å². The summed E-state index contributed by atoms with van der Waals surface area (Å²) in [6.07, 6.45) is 5.66. The maximum Gasteiger partial charge on any atom is 0.0451 e. The molecule has 0 N–H and O–H groups in total. The number of likely N-dealkylation sites (tertiary alicyclic amines) is 1. The number of aromatic nitrogens is 1. The van der Waals surface area contributed by atoms with Crippen molar-refractivity contribution in [2.45, 2.75) is 46.1 Å². The van der Waals surface area contributed by atoms with Gasteiger partial charge in [0, 0.05) is 37.4 Å². The summed E-state index contributed by atoms with van der Waals surface area (Å²) in [6, 6.07) is 5.05. The highest BCUT2D eigenvalue weighted by molar-refractivity contribution is 5.27. The van der Waals surface area contributed by atoms with E-state index < -0.39 is 0 Å². The first-order valence-corrected chi connectivity index (χ1v) is 7.03. The number of hydrogen-bond acceptors (Lipinski definition) is 2. The van der Waals surface area contributed by atoms with Crippen LogP contribution in [-0.2, 0) is 12.8 Å². The third kappa shape index (κ3) is 2.52. The summed E-state index contributed by atoms with van der Waals surface area (Å²) in [6.45, 7) is 8.93. The standard InChI is InChI=1S/C13H18N2.C2H6/c1-2-10-8-15(9-10)12-6-11-4-3-5-14-13(11)7-12;1-2/h3-5,10,12H,2,6-9H2,1H3;1-2H3. The van der Waals surface area contributed by atoms with Gasteiger partial charge in [-0.3, -0.25) is 9.88 Å². The summed E-state index contributed by atoms with van der Waals surface area (Å²) >= 11 is 0. The minimum Gasteiger partial charge on any atom is -0.299 e. The van der Waals surface area contributed by atoms with Crippen LogP contribution in [0.5, 0.6) is 0 Å². The molecular formula is C15H24N2. The molecule has 0 amide bonds. The van der Waals surface area contributed by atoms with Gasteiger partial charge in [0.25, 0.3) is 0 Å². The van der Waals surface area contributed by atoms with Gasteiger partial charge < -0.3 is 0 Å². The fourth-order valence-electron chi connectivity index (χ4n) is 2.81. The molecule has 2 heterocycles. The number of rotatable bonds is 2. The monoisotopic (exact) mass is 232 g/mol. The lowest BCUT2D eigenvalue weighted by Crippen LogP contribution is -2.52. The molecule has 1 atom stereocenters. The molecule has 0 bridgehead atoms. The smallest absolute Gasteiger partial charge is 0.0451 e. The van der Waals surface area contributed by atoms with Gasteiger partial charge in [0.15, 0.2) is 0 Å². The Morgan fingerprint density at radius 2 is 2.06 bits per heavy atom. The third-order valence-electron chi connectivity index (χ3n) is 3.95. The first kappa shape index (κ1) is 12.6. The Kier molecular flexibility index (Phi) is 4.16. The summed E-state index contributed by atoms with van der Waals surface area (Å²) in [5.41, 5.74) is 2.81. The highest BCUT2D eigenvalue weighted by Gasteiger charge is 2.34. The van der Waals surface area contributed by atoms with Crippen LogP contribution in [0.4, 0.5) is 0 Å². The Balaban J connectivity index is 0.000000514. The van der Waals surface area contributed by atoms with Gasteiger partial charge >= 0.3 is 0 Å². The number of hydrogen-bond donors (Lipinski definition) is 0. The lowest BCUT2D eigenvalue weighted by atomic mass is 9.94. The minimum absolute atomic E-state index is 0.748. The Bertz CT molecular complexity index is 331. The quantitative estimate of drug-likeness (QED) is 0.779. The topological polar surface area (TPSA) is 16.1 Å². The molecule has 0 saturated carbocycles. The summed E-state index contributed by atoms with van der Waals surface area (Å²) < 4.78 is 0.